The van der Waals surface area contributed by atoms with Crippen LogP contribution in [-0.4, -0.2) is 87.4 Å². The summed E-state index contributed by atoms with van der Waals surface area (Å²) in [5, 5.41) is 23.3. The average Bonchev–Trinajstić information content (AvgIpc) is 3.67. The van der Waals surface area contributed by atoms with Crippen LogP contribution in [0.1, 0.15) is 61.4 Å². The summed E-state index contributed by atoms with van der Waals surface area (Å²) in [4.78, 5) is 78.4. The van der Waals surface area contributed by atoms with E-state index in [0.29, 0.717) is 19.4 Å². The zero-order valence-electron chi connectivity index (χ0n) is 34.1. The van der Waals surface area contributed by atoms with Crippen LogP contribution < -0.4 is 27.0 Å². The Balaban J connectivity index is 1.52. The minimum Gasteiger partial charge on any atom is -0.391 e. The van der Waals surface area contributed by atoms with Crippen LogP contribution in [0.4, 0.5) is 0 Å². The Labute approximate surface area is 350 Å². The number of carbonyl (C=O) groups is 5. The van der Waals surface area contributed by atoms with Gasteiger partial charge >= 0.3 is 0 Å². The van der Waals surface area contributed by atoms with Crippen LogP contribution in [0.15, 0.2) is 121 Å². The summed E-state index contributed by atoms with van der Waals surface area (Å²) in [5.74, 6) is -3.31. The molecule has 0 saturated carbocycles. The van der Waals surface area contributed by atoms with Crippen molar-refractivity contribution in [3.05, 3.63) is 144 Å². The molecule has 1 saturated heterocycles. The topological polar surface area (TPSA) is 199 Å². The number of fused-ring (bicyclic) bond motifs is 1. The summed E-state index contributed by atoms with van der Waals surface area (Å²) >= 11 is 0. The molecule has 0 spiro atoms. The Bertz CT molecular complexity index is 2210. The van der Waals surface area contributed by atoms with E-state index in [1.165, 1.54) is 11.8 Å². The molecule has 1 aliphatic heterocycles. The third-order valence-corrected chi connectivity index (χ3v) is 11.1. The number of nitrogens with one attached hydrogen (secondary N) is 5. The largest absolute Gasteiger partial charge is 0.391 e. The molecule has 2 heterocycles. The number of aliphatic hydroxyl groups excluding tert-OH is 1. The molecule has 0 bridgehead atoms. The van der Waals surface area contributed by atoms with Gasteiger partial charge in [0, 0.05) is 36.4 Å². The molecule has 13 heteroatoms. The monoisotopic (exact) mass is 813 g/mol. The first-order valence-corrected chi connectivity index (χ1v) is 20.6. The first kappa shape index (κ1) is 43.3. The molecule has 1 fully saturated rings. The van der Waals surface area contributed by atoms with E-state index in [1.807, 2.05) is 122 Å². The highest BCUT2D eigenvalue weighted by Crippen LogP contribution is 2.27. The smallest absolute Gasteiger partial charge is 0.246 e. The molecule has 60 heavy (non-hydrogen) atoms. The molecule has 1 aromatic heterocycles. The van der Waals surface area contributed by atoms with Crippen molar-refractivity contribution in [3.63, 3.8) is 0 Å². The van der Waals surface area contributed by atoms with Crippen molar-refractivity contribution >= 4 is 40.4 Å². The summed E-state index contributed by atoms with van der Waals surface area (Å²) in [7, 11) is 0. The van der Waals surface area contributed by atoms with Crippen molar-refractivity contribution in [1.29, 1.82) is 0 Å². The number of carbonyl (C=O) groups excluding carboxylic acids is 5. The number of nitrogens with two attached hydrogens (primary N) is 1. The van der Waals surface area contributed by atoms with E-state index in [2.05, 4.69) is 26.3 Å². The fourth-order valence-electron chi connectivity index (χ4n) is 7.84. The van der Waals surface area contributed by atoms with E-state index in [-0.39, 0.29) is 25.7 Å². The number of benzene rings is 4. The molecule has 13 nitrogen and oxygen atoms in total. The van der Waals surface area contributed by atoms with Gasteiger partial charge in [-0.1, -0.05) is 109 Å². The predicted octanol–water partition coefficient (Wildman–Crippen LogP) is 3.62. The van der Waals surface area contributed by atoms with Gasteiger partial charge in [-0.05, 0) is 68.0 Å². The number of H-pyrrole nitrogens is 1. The number of aromatic amines is 1. The SMILES string of the molecule is C[C@@H](O)[C@@H]1NC(=O)[C@H](CCCCN)NC(=O)[C@@H](Cc2c[nH]c3ccccc23)NC(=O)[C@H](Cc2ccccc2)N([C@@H](C)c2ccccc2)C(=O)[C@H](Cc2ccccc2)NC1=O. The number of hydrogen-bond acceptors (Lipinski definition) is 7. The van der Waals surface area contributed by atoms with E-state index in [0.717, 1.165) is 33.2 Å². The second-order valence-electron chi connectivity index (χ2n) is 15.5. The maximum absolute atomic E-state index is 15.5. The van der Waals surface area contributed by atoms with Crippen LogP contribution in [0, 0.1) is 0 Å². The summed E-state index contributed by atoms with van der Waals surface area (Å²) < 4.78 is 0. The number of unbranched alkanes of at least 4 members (excludes halogenated alkanes) is 1. The predicted molar refractivity (Wildman–Crippen MR) is 230 cm³/mol. The third-order valence-electron chi connectivity index (χ3n) is 11.1. The quantitative estimate of drug-likeness (QED) is 0.0882. The number of aliphatic hydroxyl groups is 1. The molecule has 7 atom stereocenters. The molecule has 5 aromatic rings. The molecule has 6 rings (SSSR count). The minimum atomic E-state index is -1.50. The van der Waals surface area contributed by atoms with Gasteiger partial charge in [0.25, 0.3) is 0 Å². The molecule has 0 aliphatic carbocycles. The summed E-state index contributed by atoms with van der Waals surface area (Å²) in [5.41, 5.74) is 9.62. The Morgan fingerprint density at radius 1 is 0.617 bits per heavy atom. The van der Waals surface area contributed by atoms with Crippen LogP contribution >= 0.6 is 0 Å². The van der Waals surface area contributed by atoms with E-state index in [9.17, 15) is 19.5 Å². The lowest BCUT2D eigenvalue weighted by Crippen LogP contribution is -2.61. The van der Waals surface area contributed by atoms with Gasteiger partial charge in [-0.25, -0.2) is 0 Å². The number of hydrogen-bond donors (Lipinski definition) is 7. The van der Waals surface area contributed by atoms with Gasteiger partial charge in [-0.3, -0.25) is 24.0 Å². The fourth-order valence-corrected chi connectivity index (χ4v) is 7.84. The molecule has 8 N–H and O–H groups in total. The zero-order valence-corrected chi connectivity index (χ0v) is 34.1. The van der Waals surface area contributed by atoms with Gasteiger partial charge in [-0.15, -0.1) is 0 Å². The Hall–Kier alpha value is -6.31. The number of amides is 5. The van der Waals surface area contributed by atoms with Crippen molar-refractivity contribution in [2.24, 2.45) is 5.73 Å². The van der Waals surface area contributed by atoms with E-state index in [1.54, 1.807) is 6.20 Å². The minimum absolute atomic E-state index is 0.0362. The molecule has 0 unspecified atom stereocenters. The lowest BCUT2D eigenvalue weighted by Gasteiger charge is -2.39. The maximum atomic E-state index is 15.5. The van der Waals surface area contributed by atoms with Crippen molar-refractivity contribution < 1.29 is 29.1 Å². The highest BCUT2D eigenvalue weighted by Gasteiger charge is 2.41. The Morgan fingerprint density at radius 3 is 1.83 bits per heavy atom. The van der Waals surface area contributed by atoms with Crippen LogP contribution in [0.2, 0.25) is 0 Å². The fraction of sp³-hybridized carbons (Fsp3) is 0.340. The van der Waals surface area contributed by atoms with Gasteiger partial charge in [0.2, 0.25) is 29.5 Å². The van der Waals surface area contributed by atoms with Gasteiger partial charge in [0.1, 0.15) is 30.2 Å². The molecule has 4 aromatic carbocycles. The number of para-hydroxylation sites is 1. The first-order chi connectivity index (χ1) is 29.0. The zero-order chi connectivity index (χ0) is 42.6. The van der Waals surface area contributed by atoms with Crippen LogP contribution in [-0.2, 0) is 43.2 Å². The summed E-state index contributed by atoms with van der Waals surface area (Å²) in [6.45, 7) is 3.56. The second kappa shape index (κ2) is 20.6. The standard InChI is InChI=1S/C47H55N7O6/c1-30(34-20-10-5-11-21-34)54-41(27-33-18-8-4-9-19-33)45(58)51-39(28-35-29-49-37-23-13-12-22-36(35)37)44(57)50-38(24-14-15-25-48)43(56)53-42(31(2)55)46(59)52-40(47(54)60)26-32-16-6-3-7-17-32/h3-13,16-23,29-31,38-42,49,55H,14-15,24-28,48H2,1-2H3,(H,50,57)(H,51,58)(H,52,59)(H,53,56)/t30-,31+,38-,39+,40-,41-,42-/m0/s1. The number of nitrogens with zero attached hydrogens (tertiary/aromatic N) is 1. The van der Waals surface area contributed by atoms with Crippen LogP contribution in [0.25, 0.3) is 10.9 Å². The second-order valence-corrected chi connectivity index (χ2v) is 15.5. The van der Waals surface area contributed by atoms with Crippen molar-refractivity contribution in [1.82, 2.24) is 31.2 Å². The van der Waals surface area contributed by atoms with Crippen LogP contribution in [0.5, 0.6) is 0 Å². The molecular weight excluding hydrogens is 759 g/mol. The maximum Gasteiger partial charge on any atom is 0.246 e. The number of aromatic nitrogens is 1. The molecule has 5 amide bonds. The van der Waals surface area contributed by atoms with Gasteiger partial charge in [-0.2, -0.15) is 0 Å². The molecule has 1 aliphatic rings. The number of rotatable bonds is 13. The van der Waals surface area contributed by atoms with Gasteiger partial charge < -0.3 is 42.0 Å². The van der Waals surface area contributed by atoms with Gasteiger partial charge in [0.05, 0.1) is 12.1 Å². The van der Waals surface area contributed by atoms with E-state index >= 15 is 9.59 Å². The van der Waals surface area contributed by atoms with E-state index in [4.69, 9.17) is 5.73 Å². The molecular formula is C47H55N7O6. The van der Waals surface area contributed by atoms with Crippen LogP contribution in [0.3, 0.4) is 0 Å². The lowest BCUT2D eigenvalue weighted by atomic mass is 9.95. The molecule has 314 valence electrons. The Morgan fingerprint density at radius 2 is 1.18 bits per heavy atom. The first-order valence-electron chi connectivity index (χ1n) is 20.6. The highest BCUT2D eigenvalue weighted by atomic mass is 16.3. The Kier molecular flexibility index (Phi) is 14.8. The summed E-state index contributed by atoms with van der Waals surface area (Å²) in [6, 6.07) is 28.4. The molecule has 0 radical (unpaired) electrons. The summed E-state index contributed by atoms with van der Waals surface area (Å²) in [6.07, 6.45) is 1.76. The normalized spacial score (nSPS) is 21.8. The van der Waals surface area contributed by atoms with E-state index < -0.39 is 71.9 Å². The average molecular weight is 814 g/mol. The van der Waals surface area contributed by atoms with Crippen molar-refractivity contribution in [3.8, 4) is 0 Å². The highest BCUT2D eigenvalue weighted by molar-refractivity contribution is 5.99. The van der Waals surface area contributed by atoms with Gasteiger partial charge in [0.15, 0.2) is 0 Å². The third kappa shape index (κ3) is 10.8. The van der Waals surface area contributed by atoms with Crippen molar-refractivity contribution in [2.45, 2.75) is 94.7 Å². The lowest BCUT2D eigenvalue weighted by molar-refractivity contribution is -0.147. The van der Waals surface area contributed by atoms with Crippen molar-refractivity contribution in [2.75, 3.05) is 6.54 Å².